The van der Waals surface area contributed by atoms with Crippen LogP contribution in [0.3, 0.4) is 0 Å². The van der Waals surface area contributed by atoms with Gasteiger partial charge in [0.2, 0.25) is 0 Å². The fourth-order valence-corrected chi connectivity index (χ4v) is 5.20. The van der Waals surface area contributed by atoms with E-state index in [9.17, 15) is 9.59 Å². The number of benzene rings is 4. The number of hydrogen-bond donors (Lipinski definition) is 0. The number of rotatable bonds is 7. The van der Waals surface area contributed by atoms with Crippen molar-refractivity contribution in [1.29, 1.82) is 0 Å². The second-order valence-corrected chi connectivity index (χ2v) is 9.74. The number of carbonyl (C=O) groups is 2. The van der Waals surface area contributed by atoms with Crippen molar-refractivity contribution in [3.63, 3.8) is 0 Å². The van der Waals surface area contributed by atoms with Gasteiger partial charge in [-0.2, -0.15) is 0 Å². The van der Waals surface area contributed by atoms with E-state index in [-0.39, 0.29) is 18.0 Å². The van der Waals surface area contributed by atoms with Crippen LogP contribution >= 0.6 is 0 Å². The molecular weight excluding hydrogens is 480 g/mol. The van der Waals surface area contributed by atoms with Crippen molar-refractivity contribution in [1.82, 2.24) is 9.97 Å². The lowest BCUT2D eigenvalue weighted by atomic mass is 9.89. The first kappa shape index (κ1) is 24.4. The fraction of sp³-hybridized carbons (Fsp3) is 0.0857. The molecule has 0 aliphatic rings. The van der Waals surface area contributed by atoms with Crippen molar-refractivity contribution in [3.05, 3.63) is 133 Å². The maximum absolute atomic E-state index is 13.8. The zero-order chi connectivity index (χ0) is 26.8. The van der Waals surface area contributed by atoms with E-state index < -0.39 is 5.92 Å². The number of fused-ring (bicyclic) bond motifs is 2. The summed E-state index contributed by atoms with van der Waals surface area (Å²) in [7, 11) is 0. The standard InChI is InChI=1S/C35H26N2O2/c1-23(38)20-32(39)33(30-21-26-16-8-10-18-28(26)34(36-30)24-12-4-2-5-13-24)31-22-27-17-9-11-19-29(27)35(37-31)25-14-6-3-7-15-25/h2-19,21-22,33H,20H2,1H3. The first-order chi connectivity index (χ1) is 19.1. The Morgan fingerprint density at radius 3 is 1.44 bits per heavy atom. The molecule has 2 aromatic heterocycles. The topological polar surface area (TPSA) is 59.9 Å². The Labute approximate surface area is 227 Å². The zero-order valence-electron chi connectivity index (χ0n) is 21.5. The molecule has 4 aromatic carbocycles. The lowest BCUT2D eigenvalue weighted by molar-refractivity contribution is -0.126. The van der Waals surface area contributed by atoms with Crippen molar-refractivity contribution in [3.8, 4) is 22.5 Å². The Morgan fingerprint density at radius 2 is 1.00 bits per heavy atom. The summed E-state index contributed by atoms with van der Waals surface area (Å²) in [5.41, 5.74) is 4.69. The predicted molar refractivity (Wildman–Crippen MR) is 157 cm³/mol. The summed E-state index contributed by atoms with van der Waals surface area (Å²) in [6.07, 6.45) is -0.185. The number of pyridine rings is 2. The Morgan fingerprint density at radius 1 is 0.590 bits per heavy atom. The van der Waals surface area contributed by atoms with E-state index in [1.54, 1.807) is 0 Å². The minimum atomic E-state index is -0.798. The average molecular weight is 507 g/mol. The highest BCUT2D eigenvalue weighted by atomic mass is 16.1. The highest BCUT2D eigenvalue weighted by Crippen LogP contribution is 2.36. The van der Waals surface area contributed by atoms with Gasteiger partial charge in [0, 0.05) is 21.9 Å². The lowest BCUT2D eigenvalue weighted by Crippen LogP contribution is -2.19. The summed E-state index contributed by atoms with van der Waals surface area (Å²) in [6, 6.07) is 40.0. The van der Waals surface area contributed by atoms with Gasteiger partial charge >= 0.3 is 0 Å². The quantitative estimate of drug-likeness (QED) is 0.207. The van der Waals surface area contributed by atoms with Crippen LogP contribution < -0.4 is 0 Å². The number of hydrogen-bond acceptors (Lipinski definition) is 4. The Balaban J connectivity index is 1.63. The van der Waals surface area contributed by atoms with Crippen molar-refractivity contribution in [2.45, 2.75) is 19.3 Å². The molecule has 39 heavy (non-hydrogen) atoms. The van der Waals surface area contributed by atoms with Gasteiger partial charge in [-0.05, 0) is 29.8 Å². The second-order valence-electron chi connectivity index (χ2n) is 9.74. The van der Waals surface area contributed by atoms with Crippen LogP contribution in [0.4, 0.5) is 0 Å². The van der Waals surface area contributed by atoms with Crippen LogP contribution in [0.25, 0.3) is 44.1 Å². The van der Waals surface area contributed by atoms with E-state index in [2.05, 4.69) is 0 Å². The summed E-state index contributed by atoms with van der Waals surface area (Å²) >= 11 is 0. The minimum Gasteiger partial charge on any atom is -0.300 e. The SMILES string of the molecule is CC(=O)CC(=O)C(c1cc2ccccc2c(-c2ccccc2)n1)c1cc2ccccc2c(-c2ccccc2)n1. The number of nitrogens with zero attached hydrogens (tertiary/aromatic N) is 2. The summed E-state index contributed by atoms with van der Waals surface area (Å²) in [5.74, 6) is -1.20. The molecule has 0 saturated carbocycles. The van der Waals surface area contributed by atoms with Crippen molar-refractivity contribution in [2.24, 2.45) is 0 Å². The molecule has 188 valence electrons. The molecule has 0 N–H and O–H groups in total. The molecule has 0 atom stereocenters. The van der Waals surface area contributed by atoms with Gasteiger partial charge in [-0.15, -0.1) is 0 Å². The molecule has 0 fully saturated rings. The van der Waals surface area contributed by atoms with Crippen LogP contribution in [0.15, 0.2) is 121 Å². The van der Waals surface area contributed by atoms with Gasteiger partial charge in [0.1, 0.15) is 11.7 Å². The van der Waals surface area contributed by atoms with Crippen LogP contribution in [0.1, 0.15) is 30.7 Å². The third-order valence-corrected chi connectivity index (χ3v) is 6.95. The normalized spacial score (nSPS) is 11.2. The molecule has 0 unspecified atom stereocenters. The molecule has 0 bridgehead atoms. The molecule has 4 nitrogen and oxygen atoms in total. The number of aromatic nitrogens is 2. The molecule has 6 aromatic rings. The van der Waals surface area contributed by atoms with Gasteiger partial charge in [0.25, 0.3) is 0 Å². The highest BCUT2D eigenvalue weighted by Gasteiger charge is 2.29. The Hall–Kier alpha value is -4.96. The maximum atomic E-state index is 13.8. The molecule has 0 spiro atoms. The molecule has 0 saturated heterocycles. The second kappa shape index (κ2) is 10.4. The van der Waals surface area contributed by atoms with Crippen molar-refractivity contribution in [2.75, 3.05) is 0 Å². The smallest absolute Gasteiger partial charge is 0.155 e. The summed E-state index contributed by atoms with van der Waals surface area (Å²) in [5, 5.41) is 3.96. The highest BCUT2D eigenvalue weighted by molar-refractivity contribution is 6.04. The number of Topliss-reactive ketones (excluding diaryl/α,β-unsaturated/α-hetero) is 2. The molecule has 0 aliphatic heterocycles. The van der Waals surface area contributed by atoms with Crippen molar-refractivity contribution >= 4 is 33.1 Å². The minimum absolute atomic E-state index is 0.182. The van der Waals surface area contributed by atoms with E-state index in [4.69, 9.17) is 9.97 Å². The molecule has 0 amide bonds. The molecular formula is C35H26N2O2. The fourth-order valence-electron chi connectivity index (χ4n) is 5.20. The zero-order valence-corrected chi connectivity index (χ0v) is 21.5. The summed E-state index contributed by atoms with van der Waals surface area (Å²) in [4.78, 5) is 36.2. The van der Waals surface area contributed by atoms with Crippen molar-refractivity contribution < 1.29 is 9.59 Å². The molecule has 2 heterocycles. The van der Waals surface area contributed by atoms with E-state index >= 15 is 0 Å². The Bertz CT molecular complexity index is 1710. The third-order valence-electron chi connectivity index (χ3n) is 6.95. The lowest BCUT2D eigenvalue weighted by Gasteiger charge is -2.19. The number of carbonyl (C=O) groups excluding carboxylic acids is 2. The van der Waals surface area contributed by atoms with Gasteiger partial charge in [0.15, 0.2) is 5.78 Å². The molecule has 0 radical (unpaired) electrons. The average Bonchev–Trinajstić information content (AvgIpc) is 2.97. The largest absolute Gasteiger partial charge is 0.300 e. The predicted octanol–water partition coefficient (Wildman–Crippen LogP) is 7.80. The summed E-state index contributed by atoms with van der Waals surface area (Å²) in [6.45, 7) is 1.45. The van der Waals surface area contributed by atoms with Crippen LogP contribution in [0.5, 0.6) is 0 Å². The van der Waals surface area contributed by atoms with Gasteiger partial charge in [0.05, 0.1) is 29.2 Å². The summed E-state index contributed by atoms with van der Waals surface area (Å²) < 4.78 is 0. The van der Waals surface area contributed by atoms with Crippen LogP contribution in [-0.4, -0.2) is 21.5 Å². The van der Waals surface area contributed by atoms with Gasteiger partial charge in [-0.1, -0.05) is 109 Å². The van der Waals surface area contributed by atoms with E-state index in [1.807, 2.05) is 121 Å². The monoisotopic (exact) mass is 506 g/mol. The Kier molecular flexibility index (Phi) is 6.52. The van der Waals surface area contributed by atoms with E-state index in [1.165, 1.54) is 6.92 Å². The van der Waals surface area contributed by atoms with E-state index in [0.29, 0.717) is 11.4 Å². The third kappa shape index (κ3) is 4.85. The van der Waals surface area contributed by atoms with Crippen LogP contribution in [0.2, 0.25) is 0 Å². The molecule has 0 aliphatic carbocycles. The van der Waals surface area contributed by atoms with Gasteiger partial charge in [-0.3, -0.25) is 19.6 Å². The van der Waals surface area contributed by atoms with E-state index in [0.717, 1.165) is 44.1 Å². The number of ketones is 2. The van der Waals surface area contributed by atoms with Gasteiger partial charge in [-0.25, -0.2) is 0 Å². The van der Waals surface area contributed by atoms with Crippen LogP contribution in [0, 0.1) is 0 Å². The molecule has 4 heteroatoms. The molecule has 6 rings (SSSR count). The first-order valence-electron chi connectivity index (χ1n) is 13.0. The van der Waals surface area contributed by atoms with Crippen LogP contribution in [-0.2, 0) is 9.59 Å². The first-order valence-corrected chi connectivity index (χ1v) is 13.0. The maximum Gasteiger partial charge on any atom is 0.155 e. The van der Waals surface area contributed by atoms with Gasteiger partial charge < -0.3 is 0 Å².